The number of nitrogens with one attached hydrogen (secondary N) is 2. The largest absolute Gasteiger partial charge is 0.478 e. The average molecular weight is 297 g/mol. The Bertz CT molecular complexity index is 459. The molecule has 1 fully saturated rings. The number of aliphatic carboxylic acids is 1. The number of piperidine rings is 1. The number of carbonyl (C=O) groups is 3. The first-order valence-corrected chi connectivity index (χ1v) is 7.03. The van der Waals surface area contributed by atoms with Crippen LogP contribution in [0.5, 0.6) is 0 Å². The van der Waals surface area contributed by atoms with E-state index in [4.69, 9.17) is 5.11 Å². The molecule has 1 rings (SSSR count). The number of carboxylic acid groups (broad SMARTS) is 1. The fourth-order valence-electron chi connectivity index (χ4n) is 2.18. The van der Waals surface area contributed by atoms with E-state index in [1.807, 2.05) is 7.05 Å². The minimum Gasteiger partial charge on any atom is -0.478 e. The summed E-state index contributed by atoms with van der Waals surface area (Å²) in [4.78, 5) is 36.3. The molecule has 0 spiro atoms. The van der Waals surface area contributed by atoms with E-state index >= 15 is 0 Å². The highest BCUT2D eigenvalue weighted by Gasteiger charge is 2.20. The van der Waals surface area contributed by atoms with Gasteiger partial charge in [-0.15, -0.1) is 0 Å². The predicted molar refractivity (Wildman–Crippen MR) is 77.8 cm³/mol. The van der Waals surface area contributed by atoms with Gasteiger partial charge in [-0.25, -0.2) is 9.59 Å². The molecule has 0 aliphatic carbocycles. The third-order valence-electron chi connectivity index (χ3n) is 3.87. The third-order valence-corrected chi connectivity index (χ3v) is 3.87. The number of rotatable bonds is 4. The molecule has 21 heavy (non-hydrogen) atoms. The molecule has 1 saturated heterocycles. The highest BCUT2D eigenvalue weighted by molar-refractivity contribution is 6.07. The van der Waals surface area contributed by atoms with E-state index in [0.717, 1.165) is 25.8 Å². The Morgan fingerprint density at radius 2 is 1.86 bits per heavy atom. The van der Waals surface area contributed by atoms with Crippen molar-refractivity contribution < 1.29 is 19.5 Å². The van der Waals surface area contributed by atoms with Gasteiger partial charge in [0.05, 0.1) is 0 Å². The topological polar surface area (TPSA) is 98.7 Å². The fourth-order valence-corrected chi connectivity index (χ4v) is 2.18. The lowest BCUT2D eigenvalue weighted by atomic mass is 10.0. The maximum absolute atomic E-state index is 11.7. The maximum Gasteiger partial charge on any atom is 0.331 e. The Morgan fingerprint density at radius 3 is 2.43 bits per heavy atom. The van der Waals surface area contributed by atoms with Gasteiger partial charge in [0.15, 0.2) is 0 Å². The van der Waals surface area contributed by atoms with Gasteiger partial charge in [0.2, 0.25) is 0 Å². The van der Waals surface area contributed by atoms with Crippen LogP contribution >= 0.6 is 0 Å². The number of amides is 3. The Labute approximate surface area is 124 Å². The summed E-state index contributed by atoms with van der Waals surface area (Å²) in [6.45, 7) is 4.18. The van der Waals surface area contributed by atoms with Crippen LogP contribution in [0.15, 0.2) is 11.1 Å². The SMILES string of the molecule is CC(C(=O)O)=C(C)C(=O)NC(=O)NCC1CCCCN1C. The number of carbonyl (C=O) groups excluding carboxylic acids is 2. The lowest BCUT2D eigenvalue weighted by Gasteiger charge is -2.32. The molecule has 1 heterocycles. The second-order valence-corrected chi connectivity index (χ2v) is 5.35. The fraction of sp³-hybridized carbons (Fsp3) is 0.643. The van der Waals surface area contributed by atoms with Crippen LogP contribution in [0.25, 0.3) is 0 Å². The van der Waals surface area contributed by atoms with Crippen LogP contribution in [-0.2, 0) is 9.59 Å². The summed E-state index contributed by atoms with van der Waals surface area (Å²) >= 11 is 0. The van der Waals surface area contributed by atoms with Gasteiger partial charge < -0.3 is 15.3 Å². The predicted octanol–water partition coefficient (Wildman–Crippen LogP) is 0.718. The highest BCUT2D eigenvalue weighted by atomic mass is 16.4. The number of likely N-dealkylation sites (tertiary alicyclic amines) is 1. The van der Waals surface area contributed by atoms with Gasteiger partial charge in [0.25, 0.3) is 5.91 Å². The molecule has 118 valence electrons. The summed E-state index contributed by atoms with van der Waals surface area (Å²) in [7, 11) is 2.01. The Balaban J connectivity index is 2.45. The summed E-state index contributed by atoms with van der Waals surface area (Å²) < 4.78 is 0. The first kappa shape index (κ1) is 17.2. The molecule has 0 aromatic carbocycles. The van der Waals surface area contributed by atoms with E-state index in [0.29, 0.717) is 6.54 Å². The van der Waals surface area contributed by atoms with Crippen LogP contribution in [0, 0.1) is 0 Å². The van der Waals surface area contributed by atoms with Gasteiger partial charge in [0.1, 0.15) is 0 Å². The molecular weight excluding hydrogens is 274 g/mol. The van der Waals surface area contributed by atoms with Gasteiger partial charge in [-0.2, -0.15) is 0 Å². The molecular formula is C14H23N3O4. The molecule has 0 aromatic rings. The molecule has 1 unspecified atom stereocenters. The normalized spacial score (nSPS) is 20.4. The number of nitrogens with zero attached hydrogens (tertiary/aromatic N) is 1. The number of imide groups is 1. The van der Waals surface area contributed by atoms with Crippen molar-refractivity contribution in [1.82, 2.24) is 15.5 Å². The molecule has 1 aliphatic rings. The summed E-state index contributed by atoms with van der Waals surface area (Å²) in [5.41, 5.74) is -0.0558. The van der Waals surface area contributed by atoms with Crippen molar-refractivity contribution in [2.24, 2.45) is 0 Å². The molecule has 0 saturated carbocycles. The van der Waals surface area contributed by atoms with Crippen LogP contribution in [0.1, 0.15) is 33.1 Å². The number of carboxylic acids is 1. The van der Waals surface area contributed by atoms with E-state index in [9.17, 15) is 14.4 Å². The van der Waals surface area contributed by atoms with Crippen molar-refractivity contribution in [3.8, 4) is 0 Å². The molecule has 7 heteroatoms. The molecule has 1 atom stereocenters. The van der Waals surface area contributed by atoms with Crippen molar-refractivity contribution in [2.45, 2.75) is 39.2 Å². The first-order chi connectivity index (χ1) is 9.82. The van der Waals surface area contributed by atoms with Crippen molar-refractivity contribution in [3.63, 3.8) is 0 Å². The van der Waals surface area contributed by atoms with Crippen LogP contribution < -0.4 is 10.6 Å². The number of hydrogen-bond donors (Lipinski definition) is 3. The van der Waals surface area contributed by atoms with Crippen molar-refractivity contribution >= 4 is 17.9 Å². The summed E-state index contributed by atoms with van der Waals surface area (Å²) in [6, 6.07) is -0.325. The monoisotopic (exact) mass is 297 g/mol. The van der Waals surface area contributed by atoms with E-state index < -0.39 is 17.9 Å². The Hall–Kier alpha value is -1.89. The molecule has 1 aliphatic heterocycles. The van der Waals surface area contributed by atoms with Crippen LogP contribution in [0.2, 0.25) is 0 Å². The summed E-state index contributed by atoms with van der Waals surface area (Å²) in [5, 5.41) is 13.6. The quantitative estimate of drug-likeness (QED) is 0.664. The molecule has 0 bridgehead atoms. The zero-order valence-electron chi connectivity index (χ0n) is 12.7. The second-order valence-electron chi connectivity index (χ2n) is 5.35. The molecule has 0 radical (unpaired) electrons. The van der Waals surface area contributed by atoms with Crippen molar-refractivity contribution in [2.75, 3.05) is 20.1 Å². The van der Waals surface area contributed by atoms with Gasteiger partial charge in [0, 0.05) is 23.7 Å². The molecule has 3 N–H and O–H groups in total. The number of hydrogen-bond acceptors (Lipinski definition) is 4. The van der Waals surface area contributed by atoms with Crippen molar-refractivity contribution in [3.05, 3.63) is 11.1 Å². The Kier molecular flexibility index (Phi) is 6.36. The van der Waals surface area contributed by atoms with Crippen LogP contribution in [0.4, 0.5) is 4.79 Å². The van der Waals surface area contributed by atoms with Gasteiger partial charge in [-0.3, -0.25) is 10.1 Å². The summed E-state index contributed by atoms with van der Waals surface area (Å²) in [5.74, 6) is -1.86. The zero-order chi connectivity index (χ0) is 16.0. The van der Waals surface area contributed by atoms with Gasteiger partial charge in [-0.05, 0) is 40.3 Å². The minimum absolute atomic E-state index is 0.0208. The lowest BCUT2D eigenvalue weighted by molar-refractivity contribution is -0.133. The van der Waals surface area contributed by atoms with E-state index in [2.05, 4.69) is 15.5 Å². The zero-order valence-corrected chi connectivity index (χ0v) is 12.7. The minimum atomic E-state index is -1.17. The van der Waals surface area contributed by atoms with Crippen molar-refractivity contribution in [1.29, 1.82) is 0 Å². The smallest absolute Gasteiger partial charge is 0.331 e. The third kappa shape index (κ3) is 5.18. The number of likely N-dealkylation sites (N-methyl/N-ethyl adjacent to an activating group) is 1. The Morgan fingerprint density at radius 1 is 1.19 bits per heavy atom. The molecule has 3 amide bonds. The van der Waals surface area contributed by atoms with Gasteiger partial charge >= 0.3 is 12.0 Å². The van der Waals surface area contributed by atoms with Crippen LogP contribution in [0.3, 0.4) is 0 Å². The summed E-state index contributed by atoms with van der Waals surface area (Å²) in [6.07, 6.45) is 3.31. The van der Waals surface area contributed by atoms with Gasteiger partial charge in [-0.1, -0.05) is 6.42 Å². The molecule has 7 nitrogen and oxygen atoms in total. The lowest BCUT2D eigenvalue weighted by Crippen LogP contribution is -2.48. The van der Waals surface area contributed by atoms with E-state index in [-0.39, 0.29) is 17.2 Å². The molecule has 0 aromatic heterocycles. The van der Waals surface area contributed by atoms with E-state index in [1.165, 1.54) is 13.8 Å². The average Bonchev–Trinajstić information content (AvgIpc) is 2.44. The highest BCUT2D eigenvalue weighted by Crippen LogP contribution is 2.13. The first-order valence-electron chi connectivity index (χ1n) is 7.03. The maximum atomic E-state index is 11.7. The second kappa shape index (κ2) is 7.78. The number of urea groups is 1. The standard InChI is InChI=1S/C14H23N3O4/c1-9(10(2)13(19)20)12(18)16-14(21)15-8-11-6-4-5-7-17(11)3/h11H,4-8H2,1-3H3,(H,19,20)(H2,15,16,18,21). The van der Waals surface area contributed by atoms with Crippen LogP contribution in [-0.4, -0.2) is 54.1 Å². The van der Waals surface area contributed by atoms with E-state index in [1.54, 1.807) is 0 Å².